The van der Waals surface area contributed by atoms with Crippen molar-refractivity contribution < 1.29 is 0 Å². The smallest absolute Gasteiger partial charge is 0.107 e. The molecule has 3 nitrogen and oxygen atoms in total. The van der Waals surface area contributed by atoms with Gasteiger partial charge in [-0.05, 0) is 13.8 Å². The van der Waals surface area contributed by atoms with Gasteiger partial charge in [0.15, 0.2) is 0 Å². The normalized spacial score (nSPS) is 12.9. The molecule has 0 bridgehead atoms. The predicted octanol–water partition coefficient (Wildman–Crippen LogP) is 2.76. The second kappa shape index (κ2) is 4.83. The van der Waals surface area contributed by atoms with E-state index in [0.29, 0.717) is 6.04 Å². The molecule has 2 rings (SSSR count). The van der Waals surface area contributed by atoms with Crippen LogP contribution >= 0.6 is 22.7 Å². The lowest BCUT2D eigenvalue weighted by molar-refractivity contribution is 0.562. The molecule has 2 heterocycles. The van der Waals surface area contributed by atoms with Gasteiger partial charge in [-0.25, -0.2) is 9.97 Å². The number of nitrogens with zero attached hydrogens (tertiary/aromatic N) is 2. The van der Waals surface area contributed by atoms with Gasteiger partial charge in [0.05, 0.1) is 11.2 Å². The van der Waals surface area contributed by atoms with Crippen LogP contribution in [0.3, 0.4) is 0 Å². The van der Waals surface area contributed by atoms with E-state index in [1.807, 2.05) is 12.4 Å². The van der Waals surface area contributed by atoms with Gasteiger partial charge in [-0.2, -0.15) is 0 Å². The Labute approximate surface area is 97.2 Å². The highest BCUT2D eigenvalue weighted by atomic mass is 32.1. The maximum absolute atomic E-state index is 4.40. The van der Waals surface area contributed by atoms with E-state index in [1.54, 1.807) is 22.7 Å². The molecule has 0 aromatic carbocycles. The van der Waals surface area contributed by atoms with Crippen molar-refractivity contribution in [3.05, 3.63) is 32.7 Å². The first-order valence-electron chi connectivity index (χ1n) is 4.78. The Bertz CT molecular complexity index is 408. The van der Waals surface area contributed by atoms with E-state index in [-0.39, 0.29) is 0 Å². The summed E-state index contributed by atoms with van der Waals surface area (Å²) in [5.74, 6) is 0. The Hall–Kier alpha value is -0.780. The average Bonchev–Trinajstić information content (AvgIpc) is 2.84. The Balaban J connectivity index is 1.88. The van der Waals surface area contributed by atoms with Crippen LogP contribution in [0.2, 0.25) is 0 Å². The lowest BCUT2D eigenvalue weighted by Crippen LogP contribution is -2.18. The van der Waals surface area contributed by atoms with Gasteiger partial charge < -0.3 is 5.32 Å². The Morgan fingerprint density at radius 2 is 2.33 bits per heavy atom. The molecule has 0 radical (unpaired) electrons. The topological polar surface area (TPSA) is 37.8 Å². The summed E-state index contributed by atoms with van der Waals surface area (Å²) in [7, 11) is 0. The van der Waals surface area contributed by atoms with Crippen molar-refractivity contribution in [2.75, 3.05) is 0 Å². The SMILES string of the molecule is Cc1csc(CNC(C)c2cscn2)n1. The van der Waals surface area contributed by atoms with Crippen LogP contribution in [-0.2, 0) is 6.54 Å². The van der Waals surface area contributed by atoms with Crippen LogP contribution in [0.4, 0.5) is 0 Å². The monoisotopic (exact) mass is 239 g/mol. The third kappa shape index (κ3) is 2.84. The lowest BCUT2D eigenvalue weighted by atomic mass is 10.2. The Morgan fingerprint density at radius 3 is 2.93 bits per heavy atom. The molecule has 0 saturated carbocycles. The number of rotatable bonds is 4. The molecule has 1 unspecified atom stereocenters. The zero-order chi connectivity index (χ0) is 10.7. The zero-order valence-electron chi connectivity index (χ0n) is 8.73. The van der Waals surface area contributed by atoms with Gasteiger partial charge in [0, 0.05) is 29.0 Å². The number of aromatic nitrogens is 2. The van der Waals surface area contributed by atoms with Crippen LogP contribution in [0.25, 0.3) is 0 Å². The molecule has 0 aliphatic heterocycles. The summed E-state index contributed by atoms with van der Waals surface area (Å²) in [5, 5.41) is 8.69. The summed E-state index contributed by atoms with van der Waals surface area (Å²) in [4.78, 5) is 8.67. The van der Waals surface area contributed by atoms with Crippen LogP contribution in [0, 0.1) is 6.92 Å². The summed E-state index contributed by atoms with van der Waals surface area (Å²) in [6, 6.07) is 0.292. The summed E-state index contributed by atoms with van der Waals surface area (Å²) in [6.45, 7) is 4.95. The molecule has 5 heteroatoms. The van der Waals surface area contributed by atoms with E-state index in [4.69, 9.17) is 0 Å². The van der Waals surface area contributed by atoms with Crippen LogP contribution in [0.5, 0.6) is 0 Å². The van der Waals surface area contributed by atoms with Gasteiger partial charge in [0.2, 0.25) is 0 Å². The summed E-state index contributed by atoms with van der Waals surface area (Å²) in [6.07, 6.45) is 0. The first-order chi connectivity index (χ1) is 7.25. The summed E-state index contributed by atoms with van der Waals surface area (Å²) >= 11 is 3.33. The van der Waals surface area contributed by atoms with E-state index in [0.717, 1.165) is 22.9 Å². The number of hydrogen-bond donors (Lipinski definition) is 1. The molecular weight excluding hydrogens is 226 g/mol. The van der Waals surface area contributed by atoms with Gasteiger partial charge >= 0.3 is 0 Å². The first kappa shape index (κ1) is 10.7. The van der Waals surface area contributed by atoms with Crippen molar-refractivity contribution in [3.63, 3.8) is 0 Å². The maximum atomic E-state index is 4.40. The van der Waals surface area contributed by atoms with Gasteiger partial charge in [0.1, 0.15) is 5.01 Å². The van der Waals surface area contributed by atoms with Crippen molar-refractivity contribution in [1.82, 2.24) is 15.3 Å². The molecular formula is C10H13N3S2. The highest BCUT2D eigenvalue weighted by Gasteiger charge is 2.07. The van der Waals surface area contributed by atoms with Gasteiger partial charge in [-0.15, -0.1) is 22.7 Å². The van der Waals surface area contributed by atoms with Crippen LogP contribution < -0.4 is 5.32 Å². The third-order valence-electron chi connectivity index (χ3n) is 2.12. The molecule has 0 aliphatic rings. The van der Waals surface area contributed by atoms with E-state index < -0.39 is 0 Å². The van der Waals surface area contributed by atoms with Crippen molar-refractivity contribution in [1.29, 1.82) is 0 Å². The fourth-order valence-corrected chi connectivity index (χ4v) is 2.64. The highest BCUT2D eigenvalue weighted by Crippen LogP contribution is 2.14. The van der Waals surface area contributed by atoms with Crippen LogP contribution in [-0.4, -0.2) is 9.97 Å². The minimum absolute atomic E-state index is 0.292. The number of thiazole rings is 2. The van der Waals surface area contributed by atoms with Crippen molar-refractivity contribution in [2.24, 2.45) is 0 Å². The van der Waals surface area contributed by atoms with Gasteiger partial charge in [-0.1, -0.05) is 0 Å². The minimum Gasteiger partial charge on any atom is -0.302 e. The fourth-order valence-electron chi connectivity index (χ4n) is 1.26. The number of hydrogen-bond acceptors (Lipinski definition) is 5. The molecule has 0 saturated heterocycles. The molecule has 1 atom stereocenters. The molecule has 0 fully saturated rings. The first-order valence-corrected chi connectivity index (χ1v) is 6.60. The van der Waals surface area contributed by atoms with Crippen LogP contribution in [0.15, 0.2) is 16.3 Å². The maximum Gasteiger partial charge on any atom is 0.107 e. The largest absolute Gasteiger partial charge is 0.302 e. The molecule has 0 amide bonds. The van der Waals surface area contributed by atoms with E-state index in [2.05, 4.69) is 33.0 Å². The summed E-state index contributed by atoms with van der Waals surface area (Å²) in [5.41, 5.74) is 4.06. The van der Waals surface area contributed by atoms with Crippen molar-refractivity contribution in [3.8, 4) is 0 Å². The standard InChI is InChI=1S/C10H13N3S2/c1-7-4-15-10(13-7)3-11-8(2)9-5-14-6-12-9/h4-6,8,11H,3H2,1-2H3. The van der Waals surface area contributed by atoms with E-state index in [9.17, 15) is 0 Å². The average molecular weight is 239 g/mol. The molecule has 0 spiro atoms. The lowest BCUT2D eigenvalue weighted by Gasteiger charge is -2.09. The summed E-state index contributed by atoms with van der Waals surface area (Å²) < 4.78 is 0. The van der Waals surface area contributed by atoms with Gasteiger partial charge in [-0.3, -0.25) is 0 Å². The third-order valence-corrected chi connectivity index (χ3v) is 3.69. The zero-order valence-corrected chi connectivity index (χ0v) is 10.4. The Kier molecular flexibility index (Phi) is 3.45. The molecule has 2 aromatic heterocycles. The van der Waals surface area contributed by atoms with Crippen LogP contribution in [0.1, 0.15) is 29.4 Å². The second-order valence-electron chi connectivity index (χ2n) is 3.40. The predicted molar refractivity (Wildman–Crippen MR) is 64.2 cm³/mol. The van der Waals surface area contributed by atoms with E-state index in [1.165, 1.54) is 0 Å². The molecule has 2 aromatic rings. The van der Waals surface area contributed by atoms with Gasteiger partial charge in [0.25, 0.3) is 0 Å². The molecule has 15 heavy (non-hydrogen) atoms. The second-order valence-corrected chi connectivity index (χ2v) is 5.06. The molecule has 80 valence electrons. The number of nitrogens with one attached hydrogen (secondary N) is 1. The van der Waals surface area contributed by atoms with Crippen molar-refractivity contribution >= 4 is 22.7 Å². The van der Waals surface area contributed by atoms with E-state index >= 15 is 0 Å². The quantitative estimate of drug-likeness (QED) is 0.891. The Morgan fingerprint density at radius 1 is 1.47 bits per heavy atom. The molecule has 0 aliphatic carbocycles. The minimum atomic E-state index is 0.292. The van der Waals surface area contributed by atoms with Crippen molar-refractivity contribution in [2.45, 2.75) is 26.4 Å². The fraction of sp³-hybridized carbons (Fsp3) is 0.400. The number of aryl methyl sites for hydroxylation is 1. The molecule has 1 N–H and O–H groups in total. The highest BCUT2D eigenvalue weighted by molar-refractivity contribution is 7.09.